The zero-order chi connectivity index (χ0) is 10.2. The minimum absolute atomic E-state index is 0. The second-order valence-electron chi connectivity index (χ2n) is 4.16. The van der Waals surface area contributed by atoms with E-state index in [9.17, 15) is 13.6 Å². The lowest BCUT2D eigenvalue weighted by Gasteiger charge is -2.35. The molecule has 2 fully saturated rings. The molecule has 3 nitrogen and oxygen atoms in total. The van der Waals surface area contributed by atoms with Crippen LogP contribution in [0, 0.1) is 5.92 Å². The number of carbonyl (C=O) groups is 1. The van der Waals surface area contributed by atoms with Crippen LogP contribution in [0.15, 0.2) is 0 Å². The average molecular weight is 241 g/mol. The van der Waals surface area contributed by atoms with E-state index in [0.29, 0.717) is 6.54 Å². The molecule has 0 bridgehead atoms. The molecule has 1 aliphatic carbocycles. The molecule has 88 valence electrons. The summed E-state index contributed by atoms with van der Waals surface area (Å²) in [6, 6.07) is -0.307. The van der Waals surface area contributed by atoms with Crippen molar-refractivity contribution in [3.8, 4) is 0 Å². The van der Waals surface area contributed by atoms with E-state index in [0.717, 1.165) is 13.0 Å². The Morgan fingerprint density at radius 2 is 2.07 bits per heavy atom. The Morgan fingerprint density at radius 1 is 1.40 bits per heavy atom. The lowest BCUT2D eigenvalue weighted by atomic mass is 9.88. The Bertz CT molecular complexity index is 236. The summed E-state index contributed by atoms with van der Waals surface area (Å²) in [5.74, 6) is -2.65. The minimum atomic E-state index is -2.55. The number of nitrogens with one attached hydrogen (secondary N) is 2. The van der Waals surface area contributed by atoms with Crippen molar-refractivity contribution < 1.29 is 13.6 Å². The predicted molar refractivity (Wildman–Crippen MR) is 54.3 cm³/mol. The molecule has 1 aliphatic heterocycles. The lowest BCUT2D eigenvalue weighted by Crippen LogP contribution is -2.52. The van der Waals surface area contributed by atoms with Gasteiger partial charge in [0.15, 0.2) is 0 Å². The van der Waals surface area contributed by atoms with E-state index in [4.69, 9.17) is 0 Å². The maximum atomic E-state index is 12.5. The zero-order valence-corrected chi connectivity index (χ0v) is 9.08. The maximum Gasteiger partial charge on any atom is 0.252 e. The number of amides is 1. The van der Waals surface area contributed by atoms with Crippen molar-refractivity contribution in [3.63, 3.8) is 0 Å². The van der Waals surface area contributed by atoms with Crippen molar-refractivity contribution in [1.82, 2.24) is 10.6 Å². The first-order valence-electron chi connectivity index (χ1n) is 4.96. The quantitative estimate of drug-likeness (QED) is 0.754. The molecule has 0 spiro atoms. The van der Waals surface area contributed by atoms with E-state index in [2.05, 4.69) is 10.6 Å². The molecular weight excluding hydrogens is 226 g/mol. The van der Waals surface area contributed by atoms with E-state index in [1.807, 2.05) is 0 Å². The Morgan fingerprint density at radius 3 is 2.53 bits per heavy atom. The minimum Gasteiger partial charge on any atom is -0.353 e. The van der Waals surface area contributed by atoms with E-state index >= 15 is 0 Å². The summed E-state index contributed by atoms with van der Waals surface area (Å²) in [4.78, 5) is 11.5. The molecular formula is C9H15ClF2N2O. The third-order valence-electron chi connectivity index (χ3n) is 2.87. The zero-order valence-electron chi connectivity index (χ0n) is 8.26. The summed E-state index contributed by atoms with van der Waals surface area (Å²) in [7, 11) is 0. The second-order valence-corrected chi connectivity index (χ2v) is 4.16. The van der Waals surface area contributed by atoms with Crippen LogP contribution in [-0.4, -0.2) is 31.0 Å². The number of halogens is 3. The number of hydrogen-bond acceptors (Lipinski definition) is 2. The molecule has 2 aliphatic rings. The van der Waals surface area contributed by atoms with Crippen LogP contribution in [0.25, 0.3) is 0 Å². The van der Waals surface area contributed by atoms with Crippen LogP contribution >= 0.6 is 12.4 Å². The molecule has 0 aromatic rings. The molecule has 1 saturated carbocycles. The Balaban J connectivity index is 0.00000112. The molecule has 1 heterocycles. The van der Waals surface area contributed by atoms with Crippen LogP contribution < -0.4 is 10.6 Å². The predicted octanol–water partition coefficient (Wildman–Crippen LogP) is 0.932. The number of rotatable bonds is 2. The number of alkyl halides is 2. The monoisotopic (exact) mass is 240 g/mol. The van der Waals surface area contributed by atoms with Gasteiger partial charge in [-0.15, -0.1) is 12.4 Å². The molecule has 1 unspecified atom stereocenters. The van der Waals surface area contributed by atoms with E-state index < -0.39 is 5.92 Å². The van der Waals surface area contributed by atoms with Crippen LogP contribution in [0.5, 0.6) is 0 Å². The van der Waals surface area contributed by atoms with Gasteiger partial charge in [0.2, 0.25) is 5.91 Å². The Kier molecular flexibility index (Phi) is 3.89. The van der Waals surface area contributed by atoms with Gasteiger partial charge in [0.1, 0.15) is 0 Å². The highest BCUT2D eigenvalue weighted by Gasteiger charge is 2.46. The van der Waals surface area contributed by atoms with Crippen LogP contribution in [0.2, 0.25) is 0 Å². The topological polar surface area (TPSA) is 41.1 Å². The van der Waals surface area contributed by atoms with Crippen molar-refractivity contribution in [2.24, 2.45) is 5.92 Å². The first kappa shape index (κ1) is 12.6. The van der Waals surface area contributed by atoms with Crippen molar-refractivity contribution in [2.75, 3.05) is 13.1 Å². The van der Waals surface area contributed by atoms with Crippen LogP contribution in [0.3, 0.4) is 0 Å². The summed E-state index contributed by atoms with van der Waals surface area (Å²) in [5, 5.41) is 5.72. The van der Waals surface area contributed by atoms with Crippen molar-refractivity contribution in [3.05, 3.63) is 0 Å². The highest BCUT2D eigenvalue weighted by atomic mass is 35.5. The van der Waals surface area contributed by atoms with Gasteiger partial charge in [-0.25, -0.2) is 8.78 Å². The summed E-state index contributed by atoms with van der Waals surface area (Å²) < 4.78 is 24.9. The SMILES string of the molecule is Cl.O=C(NC1CC(F)(F)C1)C1CCNC1. The van der Waals surface area contributed by atoms with Gasteiger partial charge in [0.25, 0.3) is 5.92 Å². The number of hydrogen-bond donors (Lipinski definition) is 2. The molecule has 0 aromatic carbocycles. The smallest absolute Gasteiger partial charge is 0.252 e. The van der Waals surface area contributed by atoms with Crippen molar-refractivity contribution in [2.45, 2.75) is 31.2 Å². The second kappa shape index (κ2) is 4.61. The molecule has 0 radical (unpaired) electrons. The summed E-state index contributed by atoms with van der Waals surface area (Å²) in [6.07, 6.45) is 0.423. The normalized spacial score (nSPS) is 29.1. The third-order valence-corrected chi connectivity index (χ3v) is 2.87. The summed E-state index contributed by atoms with van der Waals surface area (Å²) in [5.41, 5.74) is 0. The third kappa shape index (κ3) is 3.01. The molecule has 1 amide bonds. The highest BCUT2D eigenvalue weighted by Crippen LogP contribution is 2.37. The van der Waals surface area contributed by atoms with E-state index in [1.54, 1.807) is 0 Å². The van der Waals surface area contributed by atoms with Crippen LogP contribution in [-0.2, 0) is 4.79 Å². The van der Waals surface area contributed by atoms with Crippen molar-refractivity contribution >= 4 is 18.3 Å². The standard InChI is InChI=1S/C9H14F2N2O.ClH/c10-9(11)3-7(4-9)13-8(14)6-1-2-12-5-6;/h6-7,12H,1-5H2,(H,13,14);1H. The van der Waals surface area contributed by atoms with Gasteiger partial charge in [-0.3, -0.25) is 4.79 Å². The van der Waals surface area contributed by atoms with E-state index in [-0.39, 0.29) is 43.1 Å². The molecule has 2 N–H and O–H groups in total. The van der Waals surface area contributed by atoms with Gasteiger partial charge in [-0.05, 0) is 13.0 Å². The van der Waals surface area contributed by atoms with Gasteiger partial charge in [0.05, 0.1) is 5.92 Å². The van der Waals surface area contributed by atoms with E-state index in [1.165, 1.54) is 0 Å². The fourth-order valence-electron chi connectivity index (χ4n) is 1.96. The fourth-order valence-corrected chi connectivity index (χ4v) is 1.96. The Labute approximate surface area is 93.4 Å². The van der Waals surface area contributed by atoms with Crippen LogP contribution in [0.1, 0.15) is 19.3 Å². The molecule has 2 rings (SSSR count). The van der Waals surface area contributed by atoms with Gasteiger partial charge in [-0.1, -0.05) is 0 Å². The molecule has 6 heteroatoms. The Hall–Kier alpha value is -0.420. The summed E-state index contributed by atoms with van der Waals surface area (Å²) in [6.45, 7) is 1.52. The first-order valence-corrected chi connectivity index (χ1v) is 4.96. The molecule has 0 aromatic heterocycles. The fraction of sp³-hybridized carbons (Fsp3) is 0.889. The van der Waals surface area contributed by atoms with Crippen molar-refractivity contribution in [1.29, 1.82) is 0 Å². The van der Waals surface area contributed by atoms with Gasteiger partial charge in [0, 0.05) is 25.4 Å². The molecule has 1 saturated heterocycles. The maximum absolute atomic E-state index is 12.5. The largest absolute Gasteiger partial charge is 0.353 e. The molecule has 15 heavy (non-hydrogen) atoms. The number of carbonyl (C=O) groups excluding carboxylic acids is 1. The van der Waals surface area contributed by atoms with Gasteiger partial charge < -0.3 is 10.6 Å². The van der Waals surface area contributed by atoms with Gasteiger partial charge in [-0.2, -0.15) is 0 Å². The summed E-state index contributed by atoms with van der Waals surface area (Å²) >= 11 is 0. The van der Waals surface area contributed by atoms with Gasteiger partial charge >= 0.3 is 0 Å². The highest BCUT2D eigenvalue weighted by molar-refractivity contribution is 5.85. The molecule has 1 atom stereocenters. The first-order chi connectivity index (χ1) is 6.57. The lowest BCUT2D eigenvalue weighted by molar-refractivity contribution is -0.132. The van der Waals surface area contributed by atoms with Crippen LogP contribution in [0.4, 0.5) is 8.78 Å². The average Bonchev–Trinajstić information content (AvgIpc) is 2.51.